The van der Waals surface area contributed by atoms with E-state index < -0.39 is 0 Å². The van der Waals surface area contributed by atoms with Crippen LogP contribution in [0.2, 0.25) is 0 Å². The third kappa shape index (κ3) is 2.36. The van der Waals surface area contributed by atoms with E-state index in [4.69, 9.17) is 0 Å². The molecule has 2 fully saturated rings. The van der Waals surface area contributed by atoms with E-state index in [1.807, 2.05) is 6.92 Å². The lowest BCUT2D eigenvalue weighted by Gasteiger charge is -2.38. The molecule has 2 atom stereocenters. The van der Waals surface area contributed by atoms with Crippen molar-refractivity contribution < 1.29 is 9.59 Å². The van der Waals surface area contributed by atoms with E-state index in [0.717, 1.165) is 17.7 Å². The minimum atomic E-state index is -0.365. The highest BCUT2D eigenvalue weighted by molar-refractivity contribution is 7.09. The van der Waals surface area contributed by atoms with Crippen molar-refractivity contribution in [2.75, 3.05) is 0 Å². The molecule has 2 amide bonds. The number of carbonyl (C=O) groups is 2. The van der Waals surface area contributed by atoms with Crippen molar-refractivity contribution in [1.29, 1.82) is 0 Å². The van der Waals surface area contributed by atoms with Gasteiger partial charge in [0.2, 0.25) is 11.8 Å². The molecule has 2 aliphatic rings. The zero-order valence-electron chi connectivity index (χ0n) is 10.8. The fourth-order valence-corrected chi connectivity index (χ4v) is 3.21. The molecule has 1 aliphatic heterocycles. The van der Waals surface area contributed by atoms with Gasteiger partial charge >= 0.3 is 0 Å². The summed E-state index contributed by atoms with van der Waals surface area (Å²) in [7, 11) is 0. The number of hydrogen-bond donors (Lipinski definition) is 1. The van der Waals surface area contributed by atoms with Gasteiger partial charge in [0.1, 0.15) is 12.1 Å². The van der Waals surface area contributed by atoms with Crippen LogP contribution < -0.4 is 5.32 Å². The fraction of sp³-hybridized carbons (Fsp3) is 0.615. The van der Waals surface area contributed by atoms with Crippen molar-refractivity contribution >= 4 is 23.2 Å². The van der Waals surface area contributed by atoms with Crippen molar-refractivity contribution in [3.05, 3.63) is 16.6 Å². The minimum absolute atomic E-state index is 0.0125. The zero-order valence-corrected chi connectivity index (χ0v) is 11.7. The predicted molar refractivity (Wildman–Crippen MR) is 71.4 cm³/mol. The molecule has 1 saturated carbocycles. The van der Waals surface area contributed by atoms with Gasteiger partial charge in [-0.15, -0.1) is 11.3 Å². The van der Waals surface area contributed by atoms with Crippen molar-refractivity contribution in [2.45, 2.75) is 44.8 Å². The molecule has 1 saturated heterocycles. The Labute approximate surface area is 116 Å². The number of aromatic nitrogens is 1. The van der Waals surface area contributed by atoms with Crippen LogP contribution in [-0.4, -0.2) is 33.8 Å². The number of piperazine rings is 1. The molecule has 19 heavy (non-hydrogen) atoms. The van der Waals surface area contributed by atoms with Crippen LogP contribution in [0.5, 0.6) is 0 Å². The number of carbonyl (C=O) groups excluding carboxylic acids is 2. The molecule has 102 valence electrons. The van der Waals surface area contributed by atoms with E-state index >= 15 is 0 Å². The van der Waals surface area contributed by atoms with Crippen molar-refractivity contribution in [3.63, 3.8) is 0 Å². The van der Waals surface area contributed by atoms with Crippen LogP contribution in [0.25, 0.3) is 0 Å². The standard InChI is InChI=1S/C13H17N3O2S/c1-2-10-13(18)16(6-9-5-14-7-19-9)11(8-3-4-8)12(17)15-10/h5,7-8,10-11H,2-4,6H2,1H3,(H,15,17). The maximum absolute atomic E-state index is 12.5. The van der Waals surface area contributed by atoms with Gasteiger partial charge in [0, 0.05) is 11.1 Å². The number of nitrogens with one attached hydrogen (secondary N) is 1. The van der Waals surface area contributed by atoms with Crippen LogP contribution in [0.4, 0.5) is 0 Å². The summed E-state index contributed by atoms with van der Waals surface area (Å²) in [6, 6.07) is -0.646. The molecule has 1 aromatic heterocycles. The summed E-state index contributed by atoms with van der Waals surface area (Å²) in [5.41, 5.74) is 1.76. The number of amides is 2. The van der Waals surface area contributed by atoms with Crippen molar-refractivity contribution in [1.82, 2.24) is 15.2 Å². The Morgan fingerprint density at radius 2 is 2.26 bits per heavy atom. The third-order valence-electron chi connectivity index (χ3n) is 3.79. The highest BCUT2D eigenvalue weighted by Gasteiger charge is 2.47. The van der Waals surface area contributed by atoms with Gasteiger partial charge in [-0.3, -0.25) is 14.6 Å². The van der Waals surface area contributed by atoms with Crippen molar-refractivity contribution in [2.24, 2.45) is 5.92 Å². The molecule has 1 N–H and O–H groups in total. The molecule has 6 heteroatoms. The molecule has 3 rings (SSSR count). The molecule has 1 aliphatic carbocycles. The lowest BCUT2D eigenvalue weighted by atomic mass is 10.0. The van der Waals surface area contributed by atoms with Gasteiger partial charge in [-0.1, -0.05) is 6.92 Å². The monoisotopic (exact) mass is 279 g/mol. The number of thiazole rings is 1. The summed E-state index contributed by atoms with van der Waals surface area (Å²) in [6.45, 7) is 2.43. The van der Waals surface area contributed by atoms with Gasteiger partial charge in [-0.2, -0.15) is 0 Å². The maximum atomic E-state index is 12.5. The fourth-order valence-electron chi connectivity index (χ4n) is 2.62. The molecule has 0 radical (unpaired) electrons. The van der Waals surface area contributed by atoms with E-state index in [9.17, 15) is 9.59 Å². The largest absolute Gasteiger partial charge is 0.343 e. The van der Waals surface area contributed by atoms with Crippen LogP contribution >= 0.6 is 11.3 Å². The summed E-state index contributed by atoms with van der Waals surface area (Å²) < 4.78 is 0. The molecule has 2 heterocycles. The van der Waals surface area contributed by atoms with Crippen LogP contribution in [-0.2, 0) is 16.1 Å². The maximum Gasteiger partial charge on any atom is 0.246 e. The summed E-state index contributed by atoms with van der Waals surface area (Å²) in [4.78, 5) is 31.5. The highest BCUT2D eigenvalue weighted by Crippen LogP contribution is 2.37. The Kier molecular flexibility index (Phi) is 3.26. The second kappa shape index (κ2) is 4.92. The first kappa shape index (κ1) is 12.6. The molecule has 5 nitrogen and oxygen atoms in total. The Morgan fingerprint density at radius 1 is 1.47 bits per heavy atom. The first-order chi connectivity index (χ1) is 9.20. The Bertz CT molecular complexity index is 484. The van der Waals surface area contributed by atoms with Gasteiger partial charge in [0.25, 0.3) is 0 Å². The number of nitrogens with zero attached hydrogens (tertiary/aromatic N) is 2. The topological polar surface area (TPSA) is 62.3 Å². The van der Waals surface area contributed by atoms with Crippen LogP contribution in [0.3, 0.4) is 0 Å². The van der Waals surface area contributed by atoms with Crippen LogP contribution in [0.15, 0.2) is 11.7 Å². The number of rotatable bonds is 4. The van der Waals surface area contributed by atoms with E-state index in [-0.39, 0.29) is 23.9 Å². The number of hydrogen-bond acceptors (Lipinski definition) is 4. The van der Waals surface area contributed by atoms with Gasteiger partial charge in [0.15, 0.2) is 0 Å². The SMILES string of the molecule is CCC1NC(=O)C(C2CC2)N(Cc2cncs2)C1=O. The quantitative estimate of drug-likeness (QED) is 0.899. The molecule has 2 unspecified atom stereocenters. The van der Waals surface area contributed by atoms with Gasteiger partial charge in [0.05, 0.1) is 12.1 Å². The van der Waals surface area contributed by atoms with Gasteiger partial charge in [-0.25, -0.2) is 0 Å². The molecule has 0 aromatic carbocycles. The van der Waals surface area contributed by atoms with E-state index in [2.05, 4.69) is 10.3 Å². The summed E-state index contributed by atoms with van der Waals surface area (Å²) in [5, 5.41) is 2.85. The van der Waals surface area contributed by atoms with Crippen LogP contribution in [0.1, 0.15) is 31.1 Å². The summed E-state index contributed by atoms with van der Waals surface area (Å²) in [6.07, 6.45) is 4.50. The Hall–Kier alpha value is -1.43. The van der Waals surface area contributed by atoms with Crippen molar-refractivity contribution in [3.8, 4) is 0 Å². The molecular weight excluding hydrogens is 262 g/mol. The Morgan fingerprint density at radius 3 is 2.84 bits per heavy atom. The van der Waals surface area contributed by atoms with E-state index in [1.54, 1.807) is 16.6 Å². The summed E-state index contributed by atoms with van der Waals surface area (Å²) >= 11 is 1.53. The lowest BCUT2D eigenvalue weighted by molar-refractivity contribution is -0.151. The molecule has 0 bridgehead atoms. The zero-order chi connectivity index (χ0) is 13.4. The first-order valence-corrected chi connectivity index (χ1v) is 7.57. The molecular formula is C13H17N3O2S. The second-order valence-electron chi connectivity index (χ2n) is 5.19. The van der Waals surface area contributed by atoms with E-state index in [0.29, 0.717) is 18.9 Å². The van der Waals surface area contributed by atoms with Crippen LogP contribution in [0, 0.1) is 5.92 Å². The summed E-state index contributed by atoms with van der Waals surface area (Å²) in [5.74, 6) is 0.403. The normalized spacial score (nSPS) is 27.5. The smallest absolute Gasteiger partial charge is 0.246 e. The van der Waals surface area contributed by atoms with Gasteiger partial charge < -0.3 is 10.2 Å². The highest BCUT2D eigenvalue weighted by atomic mass is 32.1. The minimum Gasteiger partial charge on any atom is -0.343 e. The van der Waals surface area contributed by atoms with Gasteiger partial charge in [-0.05, 0) is 25.2 Å². The second-order valence-corrected chi connectivity index (χ2v) is 6.16. The predicted octanol–water partition coefficient (Wildman–Crippen LogP) is 1.16. The average Bonchev–Trinajstić information content (AvgIpc) is 3.10. The Balaban J connectivity index is 1.85. The third-order valence-corrected chi connectivity index (χ3v) is 4.55. The lowest BCUT2D eigenvalue weighted by Crippen LogP contribution is -2.63. The molecule has 1 aromatic rings. The van der Waals surface area contributed by atoms with E-state index in [1.165, 1.54) is 11.3 Å². The first-order valence-electron chi connectivity index (χ1n) is 6.69. The molecule has 0 spiro atoms. The average molecular weight is 279 g/mol.